The van der Waals surface area contributed by atoms with E-state index in [0.717, 1.165) is 0 Å². The van der Waals surface area contributed by atoms with Gasteiger partial charge in [0, 0.05) is 23.7 Å². The van der Waals surface area contributed by atoms with Gasteiger partial charge in [-0.15, -0.1) is 0 Å². The Morgan fingerprint density at radius 2 is 2.00 bits per heavy atom. The summed E-state index contributed by atoms with van der Waals surface area (Å²) in [7, 11) is -2.37. The van der Waals surface area contributed by atoms with Gasteiger partial charge in [-0.3, -0.25) is 14.7 Å². The van der Waals surface area contributed by atoms with Crippen LogP contribution in [0.2, 0.25) is 0 Å². The fourth-order valence-electron chi connectivity index (χ4n) is 1.26. The third-order valence-corrected chi connectivity index (χ3v) is 4.20. The minimum Gasteiger partial charge on any atom is -0.403 e. The van der Waals surface area contributed by atoms with Gasteiger partial charge in [-0.1, -0.05) is 31.9 Å². The number of nitro groups is 1. The molecule has 0 saturated carbocycles. The molecular weight excluding hydrogens is 407 g/mol. The largest absolute Gasteiger partial charge is 0.433 e. The Bertz CT molecular complexity index is 436. The Kier molecular flexibility index (Phi) is 7.86. The highest BCUT2D eigenvalue weighted by Crippen LogP contribution is 2.30. The van der Waals surface area contributed by atoms with Crippen molar-refractivity contribution in [3.05, 3.63) is 28.0 Å². The van der Waals surface area contributed by atoms with Crippen molar-refractivity contribution in [3.63, 3.8) is 0 Å². The van der Waals surface area contributed by atoms with Crippen LogP contribution >= 0.6 is 40.0 Å². The minimum absolute atomic E-state index is 0.0489. The average molecular weight is 420 g/mol. The smallest absolute Gasteiger partial charge is 0.403 e. The quantitative estimate of drug-likeness (QED) is 0.264. The van der Waals surface area contributed by atoms with Crippen LogP contribution in [0.1, 0.15) is 5.76 Å². The average Bonchev–Trinajstić information content (AvgIpc) is 2.84. The molecule has 1 atom stereocenters. The van der Waals surface area contributed by atoms with Gasteiger partial charge in [0.05, 0.1) is 6.07 Å². The topological polar surface area (TPSA) is 85.8 Å². The molecule has 1 unspecified atom stereocenters. The third-order valence-electron chi connectivity index (χ3n) is 2.13. The lowest BCUT2D eigenvalue weighted by atomic mass is 10.5. The maximum atomic E-state index is 11.9. The van der Waals surface area contributed by atoms with E-state index in [1.54, 1.807) is 4.67 Å². The lowest BCUT2D eigenvalue weighted by Crippen LogP contribution is -2.20. The van der Waals surface area contributed by atoms with Gasteiger partial charge < -0.3 is 8.94 Å². The molecule has 0 aliphatic heterocycles. The van der Waals surface area contributed by atoms with Crippen LogP contribution in [-0.2, 0) is 15.7 Å². The van der Waals surface area contributed by atoms with Crippen molar-refractivity contribution in [2.45, 2.75) is 6.61 Å². The van der Waals surface area contributed by atoms with Crippen LogP contribution in [0.3, 0.4) is 0 Å². The summed E-state index contributed by atoms with van der Waals surface area (Å²) < 4.78 is 23.7. The van der Waals surface area contributed by atoms with Crippen molar-refractivity contribution in [1.29, 1.82) is 0 Å². The number of hydrogen-bond acceptors (Lipinski definition) is 5. The van der Waals surface area contributed by atoms with Gasteiger partial charge >= 0.3 is 5.88 Å². The molecule has 1 aromatic rings. The molecule has 0 spiro atoms. The monoisotopic (exact) mass is 418 g/mol. The van der Waals surface area contributed by atoms with Crippen LogP contribution in [0, 0.1) is 10.1 Å². The van der Waals surface area contributed by atoms with E-state index in [-0.39, 0.29) is 18.3 Å². The molecule has 108 valence electrons. The first-order valence-electron chi connectivity index (χ1n) is 5.35. The van der Waals surface area contributed by atoms with E-state index < -0.39 is 13.1 Å². The zero-order valence-electron chi connectivity index (χ0n) is 9.88. The minimum atomic E-state index is -2.37. The predicted molar refractivity (Wildman–Crippen MR) is 78.3 cm³/mol. The lowest BCUT2D eigenvalue weighted by molar-refractivity contribution is -0.402. The van der Waals surface area contributed by atoms with Crippen molar-refractivity contribution in [2.75, 3.05) is 23.7 Å². The molecule has 7 nitrogen and oxygen atoms in total. The van der Waals surface area contributed by atoms with Gasteiger partial charge in [0.2, 0.25) is 0 Å². The second-order valence-electron chi connectivity index (χ2n) is 3.42. The standard InChI is InChI=1S/C9H13Br2N2O5P/c10-3-5-12(6-4-11)19(16)17-7-8-1-2-9(18-8)13(14)15/h1-2,19H,3-7H2. The van der Waals surface area contributed by atoms with Crippen LogP contribution in [0.4, 0.5) is 5.88 Å². The molecule has 0 saturated heterocycles. The molecule has 1 aromatic heterocycles. The van der Waals surface area contributed by atoms with Gasteiger partial charge in [0.1, 0.15) is 17.3 Å². The van der Waals surface area contributed by atoms with Crippen LogP contribution in [0.5, 0.6) is 0 Å². The number of alkyl halides is 2. The fraction of sp³-hybridized carbons (Fsp3) is 0.556. The SMILES string of the molecule is O=[N+]([O-])c1ccc(CO[PH](=O)N(CCBr)CCBr)o1. The number of hydrogen-bond donors (Lipinski definition) is 0. The number of halogens is 2. The zero-order chi connectivity index (χ0) is 14.3. The van der Waals surface area contributed by atoms with Crippen molar-refractivity contribution < 1.29 is 18.4 Å². The third kappa shape index (κ3) is 5.74. The number of rotatable bonds is 9. The first kappa shape index (κ1) is 16.8. The highest BCUT2D eigenvalue weighted by molar-refractivity contribution is 9.09. The molecule has 0 aliphatic rings. The highest BCUT2D eigenvalue weighted by Gasteiger charge is 2.15. The first-order valence-corrected chi connectivity index (χ1v) is 8.86. The Hall–Kier alpha value is -0.210. The normalized spacial score (nSPS) is 12.8. The molecular formula is C9H13Br2N2O5P. The zero-order valence-corrected chi connectivity index (χ0v) is 14.1. The lowest BCUT2D eigenvalue weighted by Gasteiger charge is -2.18. The Morgan fingerprint density at radius 3 is 2.47 bits per heavy atom. The van der Waals surface area contributed by atoms with E-state index in [1.807, 2.05) is 0 Å². The van der Waals surface area contributed by atoms with E-state index in [2.05, 4.69) is 31.9 Å². The summed E-state index contributed by atoms with van der Waals surface area (Å²) in [5.41, 5.74) is 0. The molecule has 0 aromatic carbocycles. The Labute approximate surface area is 127 Å². The highest BCUT2D eigenvalue weighted by atomic mass is 79.9. The van der Waals surface area contributed by atoms with Gasteiger partial charge in [0.25, 0.3) is 8.18 Å². The van der Waals surface area contributed by atoms with Gasteiger partial charge in [0.15, 0.2) is 0 Å². The molecule has 1 heterocycles. The van der Waals surface area contributed by atoms with Crippen molar-refractivity contribution in [2.24, 2.45) is 0 Å². The van der Waals surface area contributed by atoms with Crippen LogP contribution in [0.25, 0.3) is 0 Å². The Morgan fingerprint density at radius 1 is 1.37 bits per heavy atom. The van der Waals surface area contributed by atoms with Gasteiger partial charge in [-0.05, 0) is 6.07 Å². The van der Waals surface area contributed by atoms with E-state index >= 15 is 0 Å². The fourth-order valence-corrected chi connectivity index (χ4v) is 3.81. The molecule has 10 heteroatoms. The van der Waals surface area contributed by atoms with Crippen LogP contribution in [0.15, 0.2) is 16.5 Å². The summed E-state index contributed by atoms with van der Waals surface area (Å²) in [5, 5.41) is 11.8. The first-order chi connectivity index (χ1) is 9.08. The summed E-state index contributed by atoms with van der Waals surface area (Å²) in [6.07, 6.45) is 0. The van der Waals surface area contributed by atoms with Crippen LogP contribution < -0.4 is 0 Å². The van der Waals surface area contributed by atoms with E-state index in [0.29, 0.717) is 23.7 Å². The summed E-state index contributed by atoms with van der Waals surface area (Å²) in [6.45, 7) is 1.15. The van der Waals surface area contributed by atoms with Crippen molar-refractivity contribution in [3.8, 4) is 0 Å². The molecule has 0 fully saturated rings. The predicted octanol–water partition coefficient (Wildman–Crippen LogP) is 3.19. The number of furan rings is 1. The van der Waals surface area contributed by atoms with E-state index in [9.17, 15) is 14.7 Å². The van der Waals surface area contributed by atoms with Crippen molar-refractivity contribution >= 4 is 45.9 Å². The summed E-state index contributed by atoms with van der Waals surface area (Å²) in [4.78, 5) is 9.80. The second kappa shape index (κ2) is 8.86. The molecule has 0 aliphatic carbocycles. The summed E-state index contributed by atoms with van der Waals surface area (Å²) in [6, 6.07) is 2.68. The molecule has 0 radical (unpaired) electrons. The summed E-state index contributed by atoms with van der Waals surface area (Å²) in [5.74, 6) is -0.0706. The maximum absolute atomic E-state index is 11.9. The molecule has 0 N–H and O–H groups in total. The van der Waals surface area contributed by atoms with Gasteiger partial charge in [-0.2, -0.15) is 0 Å². The van der Waals surface area contributed by atoms with Gasteiger partial charge in [-0.25, -0.2) is 4.67 Å². The van der Waals surface area contributed by atoms with Crippen molar-refractivity contribution in [1.82, 2.24) is 4.67 Å². The Balaban J connectivity index is 2.49. The maximum Gasteiger partial charge on any atom is 0.433 e. The molecule has 19 heavy (non-hydrogen) atoms. The summed E-state index contributed by atoms with van der Waals surface area (Å²) >= 11 is 6.55. The van der Waals surface area contributed by atoms with Crippen LogP contribution in [-0.4, -0.2) is 33.3 Å². The molecule has 0 bridgehead atoms. The second-order valence-corrected chi connectivity index (χ2v) is 6.46. The number of nitrogens with zero attached hydrogens (tertiary/aromatic N) is 2. The van der Waals surface area contributed by atoms with E-state index in [1.165, 1.54) is 12.1 Å². The van der Waals surface area contributed by atoms with E-state index in [4.69, 9.17) is 8.94 Å². The molecule has 0 amide bonds. The molecule has 1 rings (SSSR count).